The van der Waals surface area contributed by atoms with E-state index in [1.807, 2.05) is 43.3 Å². The average molecular weight is 249 g/mol. The molecule has 1 aromatic rings. The summed E-state index contributed by atoms with van der Waals surface area (Å²) in [4.78, 5) is 2.05. The van der Waals surface area contributed by atoms with Crippen molar-refractivity contribution in [2.24, 2.45) is 5.92 Å². The summed E-state index contributed by atoms with van der Waals surface area (Å²) in [5.74, 6) is 1.48. The Bertz CT molecular complexity index is 392. The van der Waals surface area contributed by atoms with Crippen LogP contribution >= 0.6 is 0 Å². The third-order valence-electron chi connectivity index (χ3n) is 3.64. The molecule has 100 valence electrons. The van der Waals surface area contributed by atoms with Crippen LogP contribution in [0.25, 0.3) is 0 Å². The number of hydrogen-bond donors (Lipinski definition) is 1. The molecule has 1 aliphatic rings. The second kappa shape index (κ2) is 5.61. The fraction of sp³-hybridized carbons (Fsp3) is 0.600. The summed E-state index contributed by atoms with van der Waals surface area (Å²) in [6, 6.07) is 8.01. The third kappa shape index (κ3) is 3.16. The molecule has 0 radical (unpaired) electrons. The molecule has 3 heteroatoms. The number of nitrogens with zero attached hydrogens (tertiary/aromatic N) is 1. The lowest BCUT2D eigenvalue weighted by atomic mass is 9.86. The molecule has 0 aliphatic heterocycles. The highest BCUT2D eigenvalue weighted by atomic mass is 16.5. The van der Waals surface area contributed by atoms with Crippen molar-refractivity contribution >= 4 is 5.69 Å². The van der Waals surface area contributed by atoms with Gasteiger partial charge in [-0.3, -0.25) is 0 Å². The molecule has 0 spiro atoms. The predicted molar refractivity (Wildman–Crippen MR) is 74.2 cm³/mol. The summed E-state index contributed by atoms with van der Waals surface area (Å²) in [6.45, 7) is 2.22. The van der Waals surface area contributed by atoms with Gasteiger partial charge in [-0.25, -0.2) is 0 Å². The number of rotatable bonds is 3. The van der Waals surface area contributed by atoms with Crippen molar-refractivity contribution in [3.05, 3.63) is 24.3 Å². The van der Waals surface area contributed by atoms with Crippen LogP contribution in [0.1, 0.15) is 26.2 Å². The average Bonchev–Trinajstić information content (AvgIpc) is 2.34. The Balaban J connectivity index is 2.06. The summed E-state index contributed by atoms with van der Waals surface area (Å²) >= 11 is 0. The molecular weight excluding hydrogens is 226 g/mol. The van der Waals surface area contributed by atoms with E-state index in [9.17, 15) is 5.11 Å². The van der Waals surface area contributed by atoms with E-state index in [2.05, 4.69) is 6.92 Å². The van der Waals surface area contributed by atoms with E-state index in [0.717, 1.165) is 30.7 Å². The first-order chi connectivity index (χ1) is 8.56. The van der Waals surface area contributed by atoms with Gasteiger partial charge in [0, 0.05) is 25.8 Å². The molecule has 2 rings (SSSR count). The number of aliphatic hydroxyl groups excluding tert-OH is 1. The maximum atomic E-state index is 9.99. The number of aliphatic hydroxyl groups is 1. The molecule has 3 nitrogen and oxygen atoms in total. The zero-order valence-electron chi connectivity index (χ0n) is 11.5. The van der Waals surface area contributed by atoms with E-state index in [-0.39, 0.29) is 12.2 Å². The minimum absolute atomic E-state index is 0.0637. The molecule has 0 unspecified atom stereocenters. The van der Waals surface area contributed by atoms with Gasteiger partial charge in [0.1, 0.15) is 11.9 Å². The summed E-state index contributed by atoms with van der Waals surface area (Å²) in [7, 11) is 4.02. The number of anilines is 1. The quantitative estimate of drug-likeness (QED) is 0.894. The van der Waals surface area contributed by atoms with Crippen LogP contribution in [-0.2, 0) is 0 Å². The van der Waals surface area contributed by atoms with Gasteiger partial charge in [-0.05, 0) is 37.3 Å². The zero-order chi connectivity index (χ0) is 13.1. The van der Waals surface area contributed by atoms with Crippen LogP contribution in [0.3, 0.4) is 0 Å². The van der Waals surface area contributed by atoms with E-state index in [1.54, 1.807) is 0 Å². The topological polar surface area (TPSA) is 32.7 Å². The molecule has 0 aromatic heterocycles. The van der Waals surface area contributed by atoms with Crippen molar-refractivity contribution in [1.82, 2.24) is 0 Å². The van der Waals surface area contributed by atoms with Crippen LogP contribution < -0.4 is 9.64 Å². The summed E-state index contributed by atoms with van der Waals surface area (Å²) < 4.78 is 5.95. The van der Waals surface area contributed by atoms with Gasteiger partial charge in [0.15, 0.2) is 0 Å². The fourth-order valence-corrected chi connectivity index (χ4v) is 2.45. The smallest absolute Gasteiger partial charge is 0.125 e. The van der Waals surface area contributed by atoms with E-state index >= 15 is 0 Å². The molecule has 3 atom stereocenters. The van der Waals surface area contributed by atoms with Crippen molar-refractivity contribution in [2.75, 3.05) is 19.0 Å². The lowest BCUT2D eigenvalue weighted by Gasteiger charge is -2.32. The van der Waals surface area contributed by atoms with Crippen LogP contribution in [0, 0.1) is 5.92 Å². The van der Waals surface area contributed by atoms with E-state index < -0.39 is 0 Å². The molecule has 1 aliphatic carbocycles. The van der Waals surface area contributed by atoms with Gasteiger partial charge in [-0.2, -0.15) is 0 Å². The monoisotopic (exact) mass is 249 g/mol. The Hall–Kier alpha value is -1.22. The standard InChI is InChI=1S/C15H23NO2/c1-11-7-8-14(17)15(9-11)18-13-6-4-5-12(10-13)16(2)3/h4-6,10-11,14-15,17H,7-9H2,1-3H3/t11-,14+,15+/m0/s1. The molecule has 0 saturated heterocycles. The number of benzene rings is 1. The van der Waals surface area contributed by atoms with E-state index in [0.29, 0.717) is 5.92 Å². The second-order valence-corrected chi connectivity index (χ2v) is 5.53. The number of ether oxygens (including phenoxy) is 1. The lowest BCUT2D eigenvalue weighted by molar-refractivity contribution is -0.00756. The molecule has 0 amide bonds. The highest BCUT2D eigenvalue weighted by Gasteiger charge is 2.28. The summed E-state index contributed by atoms with van der Waals surface area (Å²) in [6.07, 6.45) is 2.49. The number of hydrogen-bond acceptors (Lipinski definition) is 3. The second-order valence-electron chi connectivity index (χ2n) is 5.53. The van der Waals surface area contributed by atoms with Crippen LogP contribution in [0.4, 0.5) is 5.69 Å². The van der Waals surface area contributed by atoms with Crippen molar-refractivity contribution < 1.29 is 9.84 Å². The van der Waals surface area contributed by atoms with E-state index in [4.69, 9.17) is 4.74 Å². The van der Waals surface area contributed by atoms with Gasteiger partial charge >= 0.3 is 0 Å². The maximum absolute atomic E-state index is 9.99. The Kier molecular flexibility index (Phi) is 4.12. The minimum atomic E-state index is -0.329. The molecular formula is C15H23NO2. The Labute approximate surface area is 109 Å². The van der Waals surface area contributed by atoms with E-state index in [1.165, 1.54) is 0 Å². The van der Waals surface area contributed by atoms with Gasteiger partial charge < -0.3 is 14.7 Å². The van der Waals surface area contributed by atoms with Crippen LogP contribution in [0.5, 0.6) is 5.75 Å². The summed E-state index contributed by atoms with van der Waals surface area (Å²) in [5.41, 5.74) is 1.12. The zero-order valence-corrected chi connectivity index (χ0v) is 11.5. The van der Waals surface area contributed by atoms with Crippen LogP contribution in [0.2, 0.25) is 0 Å². The van der Waals surface area contributed by atoms with Crippen LogP contribution in [-0.4, -0.2) is 31.4 Å². The van der Waals surface area contributed by atoms with Gasteiger partial charge in [0.05, 0.1) is 6.10 Å². The molecule has 1 aromatic carbocycles. The first kappa shape index (κ1) is 13.2. The molecule has 1 fully saturated rings. The molecule has 0 bridgehead atoms. The highest BCUT2D eigenvalue weighted by molar-refractivity contribution is 5.49. The first-order valence-electron chi connectivity index (χ1n) is 6.68. The van der Waals surface area contributed by atoms with Crippen molar-refractivity contribution in [3.63, 3.8) is 0 Å². The Morgan fingerprint density at radius 2 is 2.06 bits per heavy atom. The lowest BCUT2D eigenvalue weighted by Crippen LogP contribution is -2.37. The van der Waals surface area contributed by atoms with Crippen LogP contribution in [0.15, 0.2) is 24.3 Å². The van der Waals surface area contributed by atoms with Gasteiger partial charge in [-0.15, -0.1) is 0 Å². The maximum Gasteiger partial charge on any atom is 0.125 e. The largest absolute Gasteiger partial charge is 0.488 e. The first-order valence-corrected chi connectivity index (χ1v) is 6.68. The third-order valence-corrected chi connectivity index (χ3v) is 3.64. The minimum Gasteiger partial charge on any atom is -0.488 e. The molecule has 1 saturated carbocycles. The van der Waals surface area contributed by atoms with Gasteiger partial charge in [-0.1, -0.05) is 13.0 Å². The molecule has 18 heavy (non-hydrogen) atoms. The van der Waals surface area contributed by atoms with Crippen molar-refractivity contribution in [2.45, 2.75) is 38.4 Å². The highest BCUT2D eigenvalue weighted by Crippen LogP contribution is 2.29. The Morgan fingerprint density at radius 3 is 2.78 bits per heavy atom. The summed E-state index contributed by atoms with van der Waals surface area (Å²) in [5, 5.41) is 9.99. The molecule has 0 heterocycles. The SMILES string of the molecule is C[C@H]1CC[C@@H](O)[C@H](Oc2cccc(N(C)C)c2)C1. The predicted octanol–water partition coefficient (Wildman–Crippen LogP) is 2.68. The molecule has 1 N–H and O–H groups in total. The van der Waals surface area contributed by atoms with Gasteiger partial charge in [0.2, 0.25) is 0 Å². The van der Waals surface area contributed by atoms with Gasteiger partial charge in [0.25, 0.3) is 0 Å². The Morgan fingerprint density at radius 1 is 1.28 bits per heavy atom. The fourth-order valence-electron chi connectivity index (χ4n) is 2.45. The van der Waals surface area contributed by atoms with Crippen molar-refractivity contribution in [1.29, 1.82) is 0 Å². The normalized spacial score (nSPS) is 27.9. The van der Waals surface area contributed by atoms with Crippen molar-refractivity contribution in [3.8, 4) is 5.75 Å².